The Morgan fingerprint density at radius 2 is 1.45 bits per heavy atom. The maximum absolute atomic E-state index is 14.7. The molecule has 5 rings (SSSR count). The maximum atomic E-state index is 14.7. The second-order valence-electron chi connectivity index (χ2n) is 10.2. The van der Waals surface area contributed by atoms with Crippen LogP contribution in [0.5, 0.6) is 11.5 Å². The van der Waals surface area contributed by atoms with E-state index in [2.05, 4.69) is 20.2 Å². The van der Waals surface area contributed by atoms with E-state index < -0.39 is 26.7 Å². The Balaban J connectivity index is 1.71. The van der Waals surface area contributed by atoms with Crippen molar-refractivity contribution in [3.05, 3.63) is 107 Å². The summed E-state index contributed by atoms with van der Waals surface area (Å²) in [5, 5.41) is 19.7. The van der Waals surface area contributed by atoms with E-state index in [-0.39, 0.29) is 35.9 Å². The second kappa shape index (κ2) is 13.6. The van der Waals surface area contributed by atoms with Crippen LogP contribution in [0, 0.1) is 5.41 Å². The highest BCUT2D eigenvalue weighted by Crippen LogP contribution is 2.44. The average Bonchev–Trinajstić information content (AvgIpc) is 3.54. The lowest BCUT2D eigenvalue weighted by molar-refractivity contribution is -0.139. The number of nitrogens with one attached hydrogen (secondary N) is 2. The molecular weight excluding hydrogens is 637 g/mol. The fourth-order valence-electron chi connectivity index (χ4n) is 4.85. The van der Waals surface area contributed by atoms with Crippen LogP contribution in [0.1, 0.15) is 22.3 Å². The molecule has 0 saturated carbocycles. The Bertz CT molecular complexity index is 1980. The van der Waals surface area contributed by atoms with E-state index in [1.807, 2.05) is 0 Å². The van der Waals surface area contributed by atoms with Crippen LogP contribution in [0.4, 0.5) is 13.2 Å². The number of tetrazole rings is 1. The van der Waals surface area contributed by atoms with Gasteiger partial charge in [0, 0.05) is 17.7 Å². The van der Waals surface area contributed by atoms with Gasteiger partial charge < -0.3 is 14.2 Å². The molecule has 0 unspecified atom stereocenters. The van der Waals surface area contributed by atoms with Gasteiger partial charge in [0.25, 0.3) is 0 Å². The van der Waals surface area contributed by atoms with Gasteiger partial charge in [-0.3, -0.25) is 5.41 Å². The zero-order valence-electron chi connectivity index (χ0n) is 25.4. The van der Waals surface area contributed by atoms with Crippen LogP contribution in [-0.2, 0) is 34.0 Å². The molecule has 0 bridgehead atoms. The highest BCUT2D eigenvalue weighted by molar-refractivity contribution is 7.89. The normalized spacial score (nSPS) is 11.7. The van der Waals surface area contributed by atoms with Crippen molar-refractivity contribution in [2.75, 3.05) is 21.3 Å². The lowest BCUT2D eigenvalue weighted by atomic mass is 9.95. The summed E-state index contributed by atoms with van der Waals surface area (Å²) in [7, 11) is -0.556. The lowest BCUT2D eigenvalue weighted by Crippen LogP contribution is -2.27. The molecule has 0 saturated heterocycles. The van der Waals surface area contributed by atoms with Crippen LogP contribution in [0.25, 0.3) is 22.5 Å². The SMILES string of the molecule is COC(=N)c1ccc(-c2ccc(C(F)(F)F)c(S(=O)(=O)NCc3ccc(OC)cc3)c2-c2nnnn2Cc2ccc(OC)cc2)cc1. The number of rotatable bonds is 11. The molecule has 0 radical (unpaired) electrons. The van der Waals surface area contributed by atoms with Crippen molar-refractivity contribution in [3.8, 4) is 34.0 Å². The molecule has 1 aromatic heterocycles. The van der Waals surface area contributed by atoms with Gasteiger partial charge in [-0.15, -0.1) is 5.10 Å². The monoisotopic (exact) mass is 666 g/mol. The van der Waals surface area contributed by atoms with Gasteiger partial charge in [-0.05, 0) is 75.1 Å². The Morgan fingerprint density at radius 1 is 0.851 bits per heavy atom. The van der Waals surface area contributed by atoms with Gasteiger partial charge in [0.1, 0.15) is 16.4 Å². The Hall–Kier alpha value is -5.28. The molecule has 2 N–H and O–H groups in total. The summed E-state index contributed by atoms with van der Waals surface area (Å²) in [4.78, 5) is -1.03. The number of methoxy groups -OCH3 is 3. The largest absolute Gasteiger partial charge is 0.497 e. The number of hydrogen-bond donors (Lipinski definition) is 2. The minimum Gasteiger partial charge on any atom is -0.497 e. The molecule has 244 valence electrons. The molecule has 47 heavy (non-hydrogen) atoms. The smallest absolute Gasteiger partial charge is 0.417 e. The van der Waals surface area contributed by atoms with Crippen LogP contribution in [-0.4, -0.2) is 55.9 Å². The topological polar surface area (TPSA) is 141 Å². The summed E-state index contributed by atoms with van der Waals surface area (Å²) in [5.74, 6) is 0.785. The zero-order chi connectivity index (χ0) is 33.8. The zero-order valence-corrected chi connectivity index (χ0v) is 26.2. The number of nitrogens with zero attached hydrogens (tertiary/aromatic N) is 4. The third-order valence-electron chi connectivity index (χ3n) is 7.27. The van der Waals surface area contributed by atoms with Crippen molar-refractivity contribution in [3.63, 3.8) is 0 Å². The molecule has 0 aliphatic rings. The van der Waals surface area contributed by atoms with Crippen LogP contribution < -0.4 is 14.2 Å². The Labute approximate surface area is 268 Å². The number of hydrogen-bond acceptors (Lipinski definition) is 9. The number of halogens is 3. The van der Waals surface area contributed by atoms with Crippen molar-refractivity contribution in [2.24, 2.45) is 0 Å². The third kappa shape index (κ3) is 7.26. The molecule has 0 amide bonds. The molecule has 0 atom stereocenters. The van der Waals surface area contributed by atoms with E-state index in [0.29, 0.717) is 33.8 Å². The first-order valence-corrected chi connectivity index (χ1v) is 15.4. The predicted octanol–water partition coefficient (Wildman–Crippen LogP) is 5.54. The molecule has 11 nitrogen and oxygen atoms in total. The van der Waals surface area contributed by atoms with Gasteiger partial charge in [0.15, 0.2) is 5.82 Å². The molecule has 1 heterocycles. The number of sulfonamides is 1. The van der Waals surface area contributed by atoms with E-state index in [1.165, 1.54) is 32.1 Å². The third-order valence-corrected chi connectivity index (χ3v) is 8.75. The quantitative estimate of drug-likeness (QED) is 0.138. The van der Waals surface area contributed by atoms with E-state index in [9.17, 15) is 21.6 Å². The van der Waals surface area contributed by atoms with Crippen LogP contribution >= 0.6 is 0 Å². The van der Waals surface area contributed by atoms with Gasteiger partial charge in [-0.25, -0.2) is 17.8 Å². The molecular formula is C32H29F3N6O5S. The van der Waals surface area contributed by atoms with Crippen LogP contribution in [0.15, 0.2) is 89.8 Å². The fraction of sp³-hybridized carbons (Fsp3) is 0.188. The summed E-state index contributed by atoms with van der Waals surface area (Å²) >= 11 is 0. The summed E-state index contributed by atoms with van der Waals surface area (Å²) in [6.45, 7) is -0.303. The van der Waals surface area contributed by atoms with E-state index in [1.54, 1.807) is 72.8 Å². The molecule has 0 aliphatic heterocycles. The standard InChI is InChI=1S/C32H29F3N6O5S/c1-44-24-12-4-20(5-13-24)18-37-47(42,43)29-27(32(33,34)35)17-16-26(22-8-10-23(11-9-22)30(36)46-3)28(29)31-38-39-40-41(31)19-21-6-14-25(45-2)15-7-21/h4-17,36-37H,18-19H2,1-3H3. The van der Waals surface area contributed by atoms with Crippen molar-refractivity contribution in [2.45, 2.75) is 24.2 Å². The van der Waals surface area contributed by atoms with Crippen molar-refractivity contribution < 1.29 is 35.8 Å². The van der Waals surface area contributed by atoms with Crippen LogP contribution in [0.3, 0.4) is 0 Å². The fourth-order valence-corrected chi connectivity index (χ4v) is 6.30. The second-order valence-corrected chi connectivity index (χ2v) is 11.9. The molecule has 0 fully saturated rings. The maximum Gasteiger partial charge on any atom is 0.417 e. The summed E-state index contributed by atoms with van der Waals surface area (Å²) in [6.07, 6.45) is -5.07. The number of ether oxygens (including phenoxy) is 3. The van der Waals surface area contributed by atoms with Crippen LogP contribution in [0.2, 0.25) is 0 Å². The molecule has 4 aromatic carbocycles. The van der Waals surface area contributed by atoms with Gasteiger partial charge in [0.2, 0.25) is 15.9 Å². The first-order valence-electron chi connectivity index (χ1n) is 13.9. The molecule has 0 aliphatic carbocycles. The average molecular weight is 667 g/mol. The number of alkyl halides is 3. The van der Waals surface area contributed by atoms with Gasteiger partial charge >= 0.3 is 6.18 Å². The minimum absolute atomic E-state index is 0.00468. The number of benzene rings is 4. The van der Waals surface area contributed by atoms with Crippen molar-refractivity contribution in [1.82, 2.24) is 24.9 Å². The molecule has 0 spiro atoms. The van der Waals surface area contributed by atoms with E-state index in [4.69, 9.17) is 19.6 Å². The van der Waals surface area contributed by atoms with Crippen molar-refractivity contribution in [1.29, 1.82) is 5.41 Å². The van der Waals surface area contributed by atoms with Gasteiger partial charge in [0.05, 0.1) is 33.4 Å². The van der Waals surface area contributed by atoms with Gasteiger partial charge in [-0.1, -0.05) is 42.5 Å². The first kappa shape index (κ1) is 33.1. The summed E-state index contributed by atoms with van der Waals surface area (Å²) in [5.41, 5.74) is 0.294. The Morgan fingerprint density at radius 3 is 2.00 bits per heavy atom. The van der Waals surface area contributed by atoms with Gasteiger partial charge in [-0.2, -0.15) is 13.2 Å². The highest BCUT2D eigenvalue weighted by Gasteiger charge is 2.41. The Kier molecular flexibility index (Phi) is 9.58. The predicted molar refractivity (Wildman–Crippen MR) is 167 cm³/mol. The molecule has 15 heteroatoms. The molecule has 5 aromatic rings. The van der Waals surface area contributed by atoms with E-state index >= 15 is 0 Å². The highest BCUT2D eigenvalue weighted by atomic mass is 32.2. The lowest BCUT2D eigenvalue weighted by Gasteiger charge is -2.21. The number of aromatic nitrogens is 4. The first-order chi connectivity index (χ1) is 22.4. The van der Waals surface area contributed by atoms with Crippen molar-refractivity contribution >= 4 is 15.9 Å². The van der Waals surface area contributed by atoms with E-state index in [0.717, 1.165) is 6.07 Å². The summed E-state index contributed by atoms with van der Waals surface area (Å²) < 4.78 is 91.0. The minimum atomic E-state index is -5.07. The summed E-state index contributed by atoms with van der Waals surface area (Å²) in [6, 6.07) is 21.4.